The van der Waals surface area contributed by atoms with Gasteiger partial charge >= 0.3 is 0 Å². The van der Waals surface area contributed by atoms with E-state index in [1.165, 1.54) is 23.1 Å². The molecule has 0 spiro atoms. The Morgan fingerprint density at radius 1 is 1.03 bits per heavy atom. The summed E-state index contributed by atoms with van der Waals surface area (Å²) >= 11 is 2.75. The van der Waals surface area contributed by atoms with Gasteiger partial charge in [0, 0.05) is 22.3 Å². The summed E-state index contributed by atoms with van der Waals surface area (Å²) in [4.78, 5) is 31.1. The van der Waals surface area contributed by atoms with Crippen LogP contribution in [0.5, 0.6) is 5.75 Å². The fourth-order valence-corrected chi connectivity index (χ4v) is 5.76. The smallest absolute Gasteiger partial charge is 0.272 e. The summed E-state index contributed by atoms with van der Waals surface area (Å²) in [6.07, 6.45) is 0.699. The van der Waals surface area contributed by atoms with Gasteiger partial charge in [-0.25, -0.2) is 4.98 Å². The number of nitrogens with zero attached hydrogens (tertiary/aromatic N) is 2. The zero-order valence-electron chi connectivity index (χ0n) is 19.1. The minimum atomic E-state index is -0.167. The molecule has 2 aromatic heterocycles. The van der Waals surface area contributed by atoms with Crippen molar-refractivity contribution in [3.05, 3.63) is 94.8 Å². The van der Waals surface area contributed by atoms with Crippen LogP contribution in [0, 0.1) is 0 Å². The number of anilines is 1. The molecular weight excluding hydrogens is 478 g/mol. The van der Waals surface area contributed by atoms with Crippen LogP contribution in [-0.2, 0) is 17.8 Å². The van der Waals surface area contributed by atoms with Crippen LogP contribution in [0.4, 0.5) is 5.69 Å². The summed E-state index contributed by atoms with van der Waals surface area (Å²) < 4.78 is 8.54. The molecule has 0 bridgehead atoms. The molecule has 0 aliphatic heterocycles. The summed E-state index contributed by atoms with van der Waals surface area (Å²) in [5.41, 5.74) is 2.46. The Morgan fingerprint density at radius 3 is 2.54 bits per heavy atom. The first-order chi connectivity index (χ1) is 17.1. The van der Waals surface area contributed by atoms with Crippen LogP contribution < -0.4 is 15.6 Å². The van der Waals surface area contributed by atoms with Gasteiger partial charge in [0.05, 0.1) is 18.4 Å². The Balaban J connectivity index is 1.43. The zero-order valence-corrected chi connectivity index (χ0v) is 20.7. The molecule has 176 valence electrons. The van der Waals surface area contributed by atoms with Crippen molar-refractivity contribution in [2.75, 3.05) is 18.2 Å². The average Bonchev–Trinajstić information content (AvgIpc) is 3.27. The van der Waals surface area contributed by atoms with Gasteiger partial charge in [-0.1, -0.05) is 60.3 Å². The number of carbonyl (C=O) groups is 1. The number of nitrogens with one attached hydrogen (secondary N) is 1. The largest absolute Gasteiger partial charge is 0.497 e. The predicted molar refractivity (Wildman–Crippen MR) is 144 cm³/mol. The van der Waals surface area contributed by atoms with E-state index in [4.69, 9.17) is 9.72 Å². The van der Waals surface area contributed by atoms with Gasteiger partial charge < -0.3 is 10.1 Å². The number of fused-ring (bicyclic) bond motifs is 3. The van der Waals surface area contributed by atoms with Crippen LogP contribution in [0.25, 0.3) is 20.3 Å². The lowest BCUT2D eigenvalue weighted by Crippen LogP contribution is -2.24. The first-order valence-corrected chi connectivity index (χ1v) is 13.0. The number of rotatable bonds is 8. The van der Waals surface area contributed by atoms with Crippen LogP contribution in [0.1, 0.15) is 5.56 Å². The molecule has 5 rings (SSSR count). The fraction of sp³-hybridized carbons (Fsp3) is 0.148. The second-order valence-corrected chi connectivity index (χ2v) is 9.92. The van der Waals surface area contributed by atoms with Gasteiger partial charge in [0.2, 0.25) is 5.91 Å². The van der Waals surface area contributed by atoms with Crippen LogP contribution in [0.2, 0.25) is 0 Å². The van der Waals surface area contributed by atoms with Gasteiger partial charge in [-0.3, -0.25) is 14.2 Å². The minimum absolute atomic E-state index is 0.0646. The lowest BCUT2D eigenvalue weighted by atomic mass is 10.1. The van der Waals surface area contributed by atoms with Crippen LogP contribution in [-0.4, -0.2) is 28.3 Å². The van der Waals surface area contributed by atoms with Crippen molar-refractivity contribution in [3.63, 3.8) is 0 Å². The van der Waals surface area contributed by atoms with Crippen LogP contribution >= 0.6 is 23.1 Å². The molecule has 0 saturated carbocycles. The first-order valence-electron chi connectivity index (χ1n) is 11.1. The molecule has 5 aromatic rings. The number of thioether (sulfide) groups is 1. The minimum Gasteiger partial charge on any atom is -0.497 e. The lowest BCUT2D eigenvalue weighted by Gasteiger charge is -2.12. The molecule has 6 nitrogen and oxygen atoms in total. The Labute approximate surface area is 210 Å². The second-order valence-electron chi connectivity index (χ2n) is 7.93. The number of benzene rings is 3. The maximum absolute atomic E-state index is 13.5. The Bertz CT molecular complexity index is 1540. The fourth-order valence-electron chi connectivity index (χ4n) is 3.85. The SMILES string of the molecule is COc1ccc(NC(=O)CSc2nc3c(sc4ccccc43)c(=O)n2CCc2ccccc2)cc1. The Morgan fingerprint density at radius 2 is 1.77 bits per heavy atom. The van der Waals surface area contributed by atoms with Crippen molar-refractivity contribution in [3.8, 4) is 5.75 Å². The van der Waals surface area contributed by atoms with E-state index in [1.54, 1.807) is 35.9 Å². The second kappa shape index (κ2) is 10.3. The third-order valence-corrected chi connectivity index (χ3v) is 7.74. The highest BCUT2D eigenvalue weighted by Crippen LogP contribution is 2.32. The van der Waals surface area contributed by atoms with E-state index in [1.807, 2.05) is 54.6 Å². The Hall–Kier alpha value is -3.62. The van der Waals surface area contributed by atoms with Crippen LogP contribution in [0.3, 0.4) is 0 Å². The van der Waals surface area contributed by atoms with Gasteiger partial charge in [-0.05, 0) is 42.3 Å². The van der Waals surface area contributed by atoms with Crippen molar-refractivity contribution in [2.45, 2.75) is 18.1 Å². The van der Waals surface area contributed by atoms with Crippen molar-refractivity contribution in [1.82, 2.24) is 9.55 Å². The van der Waals surface area contributed by atoms with Gasteiger partial charge in [0.25, 0.3) is 5.56 Å². The number of amides is 1. The van der Waals surface area contributed by atoms with E-state index in [0.29, 0.717) is 34.0 Å². The van der Waals surface area contributed by atoms with Gasteiger partial charge in [0.1, 0.15) is 10.4 Å². The monoisotopic (exact) mass is 501 g/mol. The maximum atomic E-state index is 13.5. The molecule has 3 aromatic carbocycles. The number of aromatic nitrogens is 2. The topological polar surface area (TPSA) is 73.2 Å². The lowest BCUT2D eigenvalue weighted by molar-refractivity contribution is -0.113. The third-order valence-electron chi connectivity index (χ3n) is 5.62. The van der Waals surface area contributed by atoms with E-state index in [-0.39, 0.29) is 17.2 Å². The molecule has 0 unspecified atom stereocenters. The average molecular weight is 502 g/mol. The molecule has 0 fully saturated rings. The summed E-state index contributed by atoms with van der Waals surface area (Å²) in [5, 5.41) is 4.40. The molecule has 0 atom stereocenters. The number of thiophene rings is 1. The van der Waals surface area contributed by atoms with E-state index < -0.39 is 0 Å². The number of aryl methyl sites for hydroxylation is 1. The molecule has 0 saturated heterocycles. The van der Waals surface area contributed by atoms with Gasteiger partial charge in [-0.15, -0.1) is 11.3 Å². The van der Waals surface area contributed by atoms with Crippen molar-refractivity contribution in [2.24, 2.45) is 0 Å². The summed E-state index contributed by atoms with van der Waals surface area (Å²) in [6.45, 7) is 0.489. The summed E-state index contributed by atoms with van der Waals surface area (Å²) in [5.74, 6) is 0.691. The molecule has 0 radical (unpaired) electrons. The number of methoxy groups -OCH3 is 1. The normalized spacial score (nSPS) is 11.1. The predicted octanol–water partition coefficient (Wildman–Crippen LogP) is 5.59. The summed E-state index contributed by atoms with van der Waals surface area (Å²) in [7, 11) is 1.60. The number of hydrogen-bond acceptors (Lipinski definition) is 6. The molecule has 0 aliphatic rings. The highest BCUT2D eigenvalue weighted by Gasteiger charge is 2.17. The van der Waals surface area contributed by atoms with Gasteiger partial charge in [-0.2, -0.15) is 0 Å². The molecule has 35 heavy (non-hydrogen) atoms. The Kier molecular flexibility index (Phi) is 6.83. The van der Waals surface area contributed by atoms with Crippen LogP contribution in [0.15, 0.2) is 88.8 Å². The zero-order chi connectivity index (χ0) is 24.2. The van der Waals surface area contributed by atoms with E-state index in [2.05, 4.69) is 5.32 Å². The van der Waals surface area contributed by atoms with Gasteiger partial charge in [0.15, 0.2) is 5.16 Å². The van der Waals surface area contributed by atoms with Crippen molar-refractivity contribution < 1.29 is 9.53 Å². The molecule has 2 heterocycles. The summed E-state index contributed by atoms with van der Waals surface area (Å²) in [6, 6.07) is 25.1. The molecule has 1 amide bonds. The van der Waals surface area contributed by atoms with E-state index in [9.17, 15) is 9.59 Å². The molecule has 8 heteroatoms. The van der Waals surface area contributed by atoms with E-state index >= 15 is 0 Å². The molecular formula is C27H23N3O3S2. The number of hydrogen-bond donors (Lipinski definition) is 1. The quantitative estimate of drug-likeness (QED) is 0.222. The molecule has 1 N–H and O–H groups in total. The molecule has 0 aliphatic carbocycles. The van der Waals surface area contributed by atoms with E-state index in [0.717, 1.165) is 21.4 Å². The van der Waals surface area contributed by atoms with Crippen molar-refractivity contribution >= 4 is 55.0 Å². The highest BCUT2D eigenvalue weighted by atomic mass is 32.2. The standard InChI is InChI=1S/C27H23N3O3S2/c1-33-20-13-11-19(12-14-20)28-23(31)17-34-27-29-24-21-9-5-6-10-22(21)35-25(24)26(32)30(27)16-15-18-7-3-2-4-8-18/h2-14H,15-17H2,1H3,(H,28,31). The third kappa shape index (κ3) is 5.08. The number of carbonyl (C=O) groups excluding carboxylic acids is 1. The highest BCUT2D eigenvalue weighted by molar-refractivity contribution is 7.99. The number of ether oxygens (including phenoxy) is 1. The maximum Gasteiger partial charge on any atom is 0.272 e. The van der Waals surface area contributed by atoms with Crippen molar-refractivity contribution in [1.29, 1.82) is 0 Å². The first kappa shape index (κ1) is 23.1.